The summed E-state index contributed by atoms with van der Waals surface area (Å²) in [7, 11) is -3.84. The van der Waals surface area contributed by atoms with Crippen molar-refractivity contribution in [1.82, 2.24) is 10.2 Å². The fourth-order valence-electron chi connectivity index (χ4n) is 3.61. The fourth-order valence-corrected chi connectivity index (χ4v) is 4.46. The Morgan fingerprint density at radius 3 is 2.00 bits per heavy atom. The summed E-state index contributed by atoms with van der Waals surface area (Å²) in [5.74, 6) is -1.57. The van der Waals surface area contributed by atoms with Gasteiger partial charge >= 0.3 is 0 Å². The Kier molecular flexibility index (Phi) is 8.94. The Balaban J connectivity index is 2.43. The fraction of sp³-hybridized carbons (Fsp3) is 0.481. The van der Waals surface area contributed by atoms with Crippen LogP contribution in [0.5, 0.6) is 0 Å². The van der Waals surface area contributed by atoms with Crippen molar-refractivity contribution in [3.63, 3.8) is 0 Å². The zero-order valence-corrected chi connectivity index (χ0v) is 23.2. The van der Waals surface area contributed by atoms with Crippen LogP contribution in [0.3, 0.4) is 0 Å². The van der Waals surface area contributed by atoms with Crippen molar-refractivity contribution in [3.8, 4) is 0 Å². The molecule has 0 spiro atoms. The summed E-state index contributed by atoms with van der Waals surface area (Å²) in [6, 6.07) is 12.0. The highest BCUT2D eigenvalue weighted by Gasteiger charge is 2.32. The van der Waals surface area contributed by atoms with E-state index in [1.54, 1.807) is 25.1 Å². The monoisotopic (exact) mass is 519 g/mol. The van der Waals surface area contributed by atoms with Gasteiger partial charge in [0.05, 0.1) is 11.9 Å². The minimum atomic E-state index is -3.84. The highest BCUT2D eigenvalue weighted by molar-refractivity contribution is 7.92. The van der Waals surface area contributed by atoms with E-state index in [0.717, 1.165) is 16.1 Å². The maximum atomic E-state index is 14.5. The maximum Gasteiger partial charge on any atom is 0.244 e. The first-order valence-corrected chi connectivity index (χ1v) is 13.7. The van der Waals surface area contributed by atoms with Gasteiger partial charge in [-0.25, -0.2) is 12.8 Å². The molecule has 0 aliphatic rings. The van der Waals surface area contributed by atoms with Crippen LogP contribution in [-0.2, 0) is 31.6 Å². The summed E-state index contributed by atoms with van der Waals surface area (Å²) in [5.41, 5.74) is 0.889. The summed E-state index contributed by atoms with van der Waals surface area (Å²) in [5, 5.41) is 2.83. The molecule has 1 N–H and O–H groups in total. The van der Waals surface area contributed by atoms with E-state index in [4.69, 9.17) is 0 Å². The first-order valence-electron chi connectivity index (χ1n) is 11.8. The molecule has 0 radical (unpaired) electrons. The average Bonchev–Trinajstić information content (AvgIpc) is 2.74. The number of rotatable bonds is 8. The molecule has 0 aromatic heterocycles. The van der Waals surface area contributed by atoms with Crippen molar-refractivity contribution in [2.24, 2.45) is 0 Å². The van der Waals surface area contributed by atoms with Gasteiger partial charge in [0.2, 0.25) is 21.8 Å². The summed E-state index contributed by atoms with van der Waals surface area (Å²) in [6.45, 7) is 12.4. The molecule has 0 aliphatic heterocycles. The maximum absolute atomic E-state index is 14.5. The number of benzene rings is 2. The first-order chi connectivity index (χ1) is 16.4. The van der Waals surface area contributed by atoms with Crippen LogP contribution in [0.1, 0.15) is 59.6 Å². The number of amides is 2. The van der Waals surface area contributed by atoms with E-state index in [1.165, 1.54) is 23.1 Å². The number of carbonyl (C=O) groups excluding carboxylic acids is 2. The van der Waals surface area contributed by atoms with Crippen LogP contribution >= 0.6 is 0 Å². The molecular formula is C27H38FN3O4S. The number of carbonyl (C=O) groups is 2. The standard InChI is InChI=1S/C27H38FN3O4S/c1-19(25(33)29-27(5,6)7)30(17-20-11-9-10-12-23(20)28)24(32)18-31(36(8,34)35)22-15-13-21(14-16-22)26(2,3)4/h9-16,19H,17-18H2,1-8H3,(H,29,33)/t19-/m1/s1. The SMILES string of the molecule is C[C@H](C(=O)NC(C)(C)C)N(Cc1ccccc1F)C(=O)CN(c1ccc(C(C)(C)C)cc1)S(C)(=O)=O. The van der Waals surface area contributed by atoms with Crippen molar-refractivity contribution < 1.29 is 22.4 Å². The second-order valence-corrected chi connectivity index (χ2v) is 13.0. The van der Waals surface area contributed by atoms with Gasteiger partial charge < -0.3 is 10.2 Å². The van der Waals surface area contributed by atoms with Gasteiger partial charge in [-0.2, -0.15) is 0 Å². The lowest BCUT2D eigenvalue weighted by Crippen LogP contribution is -2.54. The Morgan fingerprint density at radius 1 is 0.972 bits per heavy atom. The van der Waals surface area contributed by atoms with Crippen LogP contribution in [0.2, 0.25) is 0 Å². The minimum Gasteiger partial charge on any atom is -0.350 e. The van der Waals surface area contributed by atoms with Crippen LogP contribution in [0.25, 0.3) is 0 Å². The molecule has 2 aromatic carbocycles. The van der Waals surface area contributed by atoms with E-state index >= 15 is 0 Å². The van der Waals surface area contributed by atoms with Gasteiger partial charge in [0, 0.05) is 17.6 Å². The predicted molar refractivity (Wildman–Crippen MR) is 142 cm³/mol. The van der Waals surface area contributed by atoms with E-state index in [0.29, 0.717) is 5.69 Å². The van der Waals surface area contributed by atoms with Gasteiger partial charge in [0.1, 0.15) is 18.4 Å². The second kappa shape index (κ2) is 11.0. The van der Waals surface area contributed by atoms with Gasteiger partial charge in [-0.1, -0.05) is 51.1 Å². The molecule has 36 heavy (non-hydrogen) atoms. The van der Waals surface area contributed by atoms with Crippen molar-refractivity contribution in [1.29, 1.82) is 0 Å². The van der Waals surface area contributed by atoms with E-state index in [2.05, 4.69) is 5.32 Å². The molecule has 0 saturated heterocycles. The molecular weight excluding hydrogens is 481 g/mol. The number of nitrogens with zero attached hydrogens (tertiary/aromatic N) is 2. The number of nitrogens with one attached hydrogen (secondary N) is 1. The molecule has 0 saturated carbocycles. The quantitative estimate of drug-likeness (QED) is 0.566. The highest BCUT2D eigenvalue weighted by atomic mass is 32.2. The van der Waals surface area contributed by atoms with E-state index < -0.39 is 45.8 Å². The third-order valence-corrected chi connectivity index (χ3v) is 6.81. The summed E-state index contributed by atoms with van der Waals surface area (Å²) in [6.07, 6.45) is 1.02. The smallest absolute Gasteiger partial charge is 0.244 e. The van der Waals surface area contributed by atoms with E-state index in [1.807, 2.05) is 53.7 Å². The van der Waals surface area contributed by atoms with Crippen LogP contribution in [-0.4, -0.2) is 49.5 Å². The number of hydrogen-bond acceptors (Lipinski definition) is 4. The molecule has 0 aliphatic carbocycles. The topological polar surface area (TPSA) is 86.8 Å². The Bertz CT molecular complexity index is 1180. The second-order valence-electron chi connectivity index (χ2n) is 11.1. The summed E-state index contributed by atoms with van der Waals surface area (Å²) < 4.78 is 40.8. The lowest BCUT2D eigenvalue weighted by Gasteiger charge is -2.33. The molecule has 198 valence electrons. The van der Waals surface area contributed by atoms with Crippen molar-refractivity contribution in [2.75, 3.05) is 17.1 Å². The molecule has 2 rings (SSSR count). The van der Waals surface area contributed by atoms with Gasteiger partial charge in [0.15, 0.2) is 0 Å². The summed E-state index contributed by atoms with van der Waals surface area (Å²) in [4.78, 5) is 27.7. The molecule has 0 bridgehead atoms. The molecule has 2 aromatic rings. The normalized spacial score (nSPS) is 13.1. The Labute approximate surface area is 214 Å². The average molecular weight is 520 g/mol. The molecule has 2 amide bonds. The highest BCUT2D eigenvalue weighted by Crippen LogP contribution is 2.26. The number of anilines is 1. The third kappa shape index (κ3) is 8.05. The number of hydrogen-bond donors (Lipinski definition) is 1. The van der Waals surface area contributed by atoms with E-state index in [-0.39, 0.29) is 17.5 Å². The lowest BCUT2D eigenvalue weighted by atomic mass is 9.87. The number of sulfonamides is 1. The molecule has 0 unspecified atom stereocenters. The van der Waals surface area contributed by atoms with Crippen LogP contribution in [0.4, 0.5) is 10.1 Å². The molecule has 7 nitrogen and oxygen atoms in total. The van der Waals surface area contributed by atoms with E-state index in [9.17, 15) is 22.4 Å². The molecule has 1 atom stereocenters. The Hall–Kier alpha value is -2.94. The summed E-state index contributed by atoms with van der Waals surface area (Å²) >= 11 is 0. The minimum absolute atomic E-state index is 0.128. The van der Waals surface area contributed by atoms with Crippen LogP contribution in [0, 0.1) is 5.82 Å². The number of halogens is 1. The lowest BCUT2D eigenvalue weighted by molar-refractivity contribution is -0.140. The molecule has 9 heteroatoms. The predicted octanol–water partition coefficient (Wildman–Crippen LogP) is 4.22. The molecule has 0 heterocycles. The van der Waals surface area contributed by atoms with Crippen LogP contribution < -0.4 is 9.62 Å². The van der Waals surface area contributed by atoms with Gasteiger partial charge in [-0.15, -0.1) is 0 Å². The van der Waals surface area contributed by atoms with Crippen molar-refractivity contribution in [3.05, 3.63) is 65.5 Å². The van der Waals surface area contributed by atoms with Crippen molar-refractivity contribution in [2.45, 2.75) is 72.0 Å². The third-order valence-electron chi connectivity index (χ3n) is 5.66. The van der Waals surface area contributed by atoms with Crippen molar-refractivity contribution >= 4 is 27.5 Å². The van der Waals surface area contributed by atoms with Gasteiger partial charge in [-0.3, -0.25) is 13.9 Å². The largest absolute Gasteiger partial charge is 0.350 e. The Morgan fingerprint density at radius 2 is 1.53 bits per heavy atom. The van der Waals surface area contributed by atoms with Gasteiger partial charge in [0.25, 0.3) is 0 Å². The first kappa shape index (κ1) is 29.3. The zero-order valence-electron chi connectivity index (χ0n) is 22.4. The van der Waals surface area contributed by atoms with Crippen LogP contribution in [0.15, 0.2) is 48.5 Å². The molecule has 0 fully saturated rings. The van der Waals surface area contributed by atoms with Gasteiger partial charge in [-0.05, 0) is 56.9 Å². The zero-order chi connectivity index (χ0) is 27.5.